The molecule has 1 aliphatic carbocycles. The second-order valence-corrected chi connectivity index (χ2v) is 9.57. The molecule has 5 rings (SSSR count). The Kier molecular flexibility index (Phi) is 6.28. The van der Waals surface area contributed by atoms with Crippen molar-refractivity contribution in [3.8, 4) is 22.8 Å². The van der Waals surface area contributed by atoms with Crippen molar-refractivity contribution in [3.05, 3.63) is 66.7 Å². The van der Waals surface area contributed by atoms with Crippen LogP contribution in [0.5, 0.6) is 11.5 Å². The van der Waals surface area contributed by atoms with Crippen molar-refractivity contribution in [2.45, 2.75) is 38.1 Å². The molecule has 8 nitrogen and oxygen atoms in total. The van der Waals surface area contributed by atoms with Crippen LogP contribution in [-0.2, 0) is 0 Å². The van der Waals surface area contributed by atoms with E-state index in [-0.39, 0.29) is 18.5 Å². The molecule has 1 saturated carbocycles. The van der Waals surface area contributed by atoms with Crippen molar-refractivity contribution < 1.29 is 14.4 Å². The van der Waals surface area contributed by atoms with Gasteiger partial charge in [-0.3, -0.25) is 15.1 Å². The first-order valence-electron chi connectivity index (χ1n) is 10.7. The van der Waals surface area contributed by atoms with Gasteiger partial charge in [-0.2, -0.15) is 5.10 Å². The molecule has 0 amide bonds. The van der Waals surface area contributed by atoms with E-state index in [4.69, 9.17) is 14.5 Å². The molecule has 1 aliphatic heterocycles. The number of hydrogen-bond acceptors (Lipinski definition) is 7. The first-order valence-corrected chi connectivity index (χ1v) is 12.4. The van der Waals surface area contributed by atoms with Gasteiger partial charge in [0.25, 0.3) is 5.69 Å². The zero-order chi connectivity index (χ0) is 22.8. The third kappa shape index (κ3) is 4.58. The van der Waals surface area contributed by atoms with Gasteiger partial charge in [0.2, 0.25) is 11.6 Å². The largest absolute Gasteiger partial charge is 0.454 e. The first-order chi connectivity index (χ1) is 16.1. The second kappa shape index (κ2) is 9.48. The number of thiazole rings is 1. The maximum atomic E-state index is 11.7. The first kappa shape index (κ1) is 21.8. The molecular weight excluding hydrogens is 508 g/mol. The molecule has 1 aromatic heterocycles. The Bertz CT molecular complexity index is 1290. The fourth-order valence-corrected chi connectivity index (χ4v) is 5.44. The topological polar surface area (TPSA) is 91.2 Å². The number of nitro benzene ring substituents is 1. The van der Waals surface area contributed by atoms with Crippen LogP contribution < -0.4 is 14.3 Å². The minimum atomic E-state index is -0.441. The van der Waals surface area contributed by atoms with E-state index in [1.165, 1.54) is 42.9 Å². The maximum absolute atomic E-state index is 11.7. The molecule has 10 heteroatoms. The molecule has 2 aromatic carbocycles. The van der Waals surface area contributed by atoms with Gasteiger partial charge in [-0.25, -0.2) is 4.68 Å². The van der Waals surface area contributed by atoms with Crippen molar-refractivity contribution in [2.75, 3.05) is 6.79 Å². The molecular formula is C23H21BrN4O4S. The Hall–Kier alpha value is -2.98. The smallest absolute Gasteiger partial charge is 0.282 e. The summed E-state index contributed by atoms with van der Waals surface area (Å²) in [5.74, 6) is 0.833. The Morgan fingerprint density at radius 2 is 1.91 bits per heavy atom. The summed E-state index contributed by atoms with van der Waals surface area (Å²) in [5.41, 5.74) is 2.08. The molecule has 170 valence electrons. The fraction of sp³-hybridized carbons (Fsp3) is 0.304. The van der Waals surface area contributed by atoms with E-state index in [0.717, 1.165) is 33.4 Å². The number of ether oxygens (including phenoxy) is 2. The minimum absolute atomic E-state index is 0.0446. The van der Waals surface area contributed by atoms with Crippen LogP contribution in [0.2, 0.25) is 0 Å². The van der Waals surface area contributed by atoms with Crippen molar-refractivity contribution in [1.29, 1.82) is 0 Å². The highest BCUT2D eigenvalue weighted by Crippen LogP contribution is 2.37. The average molecular weight is 529 g/mol. The molecule has 33 heavy (non-hydrogen) atoms. The number of nitrogens with zero attached hydrogens (tertiary/aromatic N) is 4. The highest BCUT2D eigenvalue weighted by Gasteiger charge is 2.23. The molecule has 0 atom stereocenters. The Morgan fingerprint density at radius 1 is 1.15 bits per heavy atom. The third-order valence-corrected chi connectivity index (χ3v) is 7.26. The number of halogens is 1. The van der Waals surface area contributed by atoms with Crippen molar-refractivity contribution >= 4 is 39.2 Å². The molecule has 0 bridgehead atoms. The van der Waals surface area contributed by atoms with Crippen LogP contribution in [0.25, 0.3) is 11.3 Å². The van der Waals surface area contributed by atoms with Gasteiger partial charge in [0.05, 0.1) is 34.5 Å². The van der Waals surface area contributed by atoms with E-state index in [1.54, 1.807) is 10.7 Å². The summed E-state index contributed by atoms with van der Waals surface area (Å²) in [6.45, 7) is 0.0446. The maximum Gasteiger partial charge on any atom is 0.282 e. The monoisotopic (exact) mass is 528 g/mol. The molecule has 3 aromatic rings. The molecule has 0 N–H and O–H groups in total. The van der Waals surface area contributed by atoms with Crippen LogP contribution in [0, 0.1) is 10.1 Å². The summed E-state index contributed by atoms with van der Waals surface area (Å²) in [5, 5.41) is 18.4. The molecule has 0 saturated heterocycles. The van der Waals surface area contributed by atoms with Crippen molar-refractivity contribution in [1.82, 2.24) is 4.68 Å². The lowest BCUT2D eigenvalue weighted by Gasteiger charge is -2.16. The second-order valence-electron chi connectivity index (χ2n) is 7.88. The fourth-order valence-electron chi connectivity index (χ4n) is 4.05. The lowest BCUT2D eigenvalue weighted by Crippen LogP contribution is -2.19. The standard InChI is InChI=1S/C23H21BrN4O4S/c24-18-9-5-4-8-17(18)20-13-33-23(26-16-6-2-1-3-7-16)27(20)25-12-15-10-21-22(32-14-31-21)11-19(15)28(29)30/h4-5,8-13,16H,1-3,6-7,14H2. The Balaban J connectivity index is 1.62. The Morgan fingerprint density at radius 3 is 2.67 bits per heavy atom. The summed E-state index contributed by atoms with van der Waals surface area (Å²) >= 11 is 5.15. The lowest BCUT2D eigenvalue weighted by molar-refractivity contribution is -0.385. The van der Waals surface area contributed by atoms with E-state index in [0.29, 0.717) is 17.1 Å². The highest BCUT2D eigenvalue weighted by molar-refractivity contribution is 9.10. The normalized spacial score (nSPS) is 16.6. The average Bonchev–Trinajstić information content (AvgIpc) is 3.44. The van der Waals surface area contributed by atoms with Crippen molar-refractivity contribution in [3.63, 3.8) is 0 Å². The molecule has 2 heterocycles. The highest BCUT2D eigenvalue weighted by atomic mass is 79.9. The number of aromatic nitrogens is 1. The molecule has 0 spiro atoms. The Labute approximate surface area is 202 Å². The lowest BCUT2D eigenvalue weighted by atomic mass is 9.96. The molecule has 0 radical (unpaired) electrons. The van der Waals surface area contributed by atoms with Crippen LogP contribution in [-0.4, -0.2) is 28.6 Å². The zero-order valence-corrected chi connectivity index (χ0v) is 20.0. The molecule has 0 unspecified atom stereocenters. The van der Waals surface area contributed by atoms with Gasteiger partial charge in [0, 0.05) is 15.4 Å². The summed E-state index contributed by atoms with van der Waals surface area (Å²) in [4.78, 5) is 17.0. The number of benzene rings is 2. The number of nitro groups is 1. The number of hydrogen-bond donors (Lipinski definition) is 0. The zero-order valence-electron chi connectivity index (χ0n) is 17.6. The van der Waals surface area contributed by atoms with Crippen LogP contribution in [0.3, 0.4) is 0 Å². The van der Waals surface area contributed by atoms with E-state index in [1.807, 2.05) is 29.6 Å². The van der Waals surface area contributed by atoms with Gasteiger partial charge in [-0.15, -0.1) is 11.3 Å². The number of fused-ring (bicyclic) bond motifs is 1. The third-order valence-electron chi connectivity index (χ3n) is 5.73. The van der Waals surface area contributed by atoms with E-state index in [2.05, 4.69) is 21.0 Å². The van der Waals surface area contributed by atoms with Crippen LogP contribution in [0.4, 0.5) is 5.69 Å². The summed E-state index contributed by atoms with van der Waals surface area (Å²) in [7, 11) is 0. The molecule has 1 fully saturated rings. The van der Waals surface area contributed by atoms with Gasteiger partial charge < -0.3 is 9.47 Å². The van der Waals surface area contributed by atoms with Gasteiger partial charge >= 0.3 is 0 Å². The van der Waals surface area contributed by atoms with Crippen LogP contribution in [0.15, 0.2) is 56.3 Å². The molecule has 2 aliphatic rings. The SMILES string of the molecule is O=[N+]([O-])c1cc2c(cc1C=Nn1c(-c3ccccc3Br)csc1=NC1CCCCC1)OCO2. The van der Waals surface area contributed by atoms with Crippen molar-refractivity contribution in [2.24, 2.45) is 10.1 Å². The predicted octanol–water partition coefficient (Wildman–Crippen LogP) is 5.73. The quantitative estimate of drug-likeness (QED) is 0.240. The van der Waals surface area contributed by atoms with Gasteiger partial charge in [0.1, 0.15) is 0 Å². The number of rotatable bonds is 5. The predicted molar refractivity (Wildman–Crippen MR) is 130 cm³/mol. The van der Waals surface area contributed by atoms with Gasteiger partial charge in [-0.1, -0.05) is 53.4 Å². The van der Waals surface area contributed by atoms with E-state index >= 15 is 0 Å². The van der Waals surface area contributed by atoms with E-state index in [9.17, 15) is 10.1 Å². The van der Waals surface area contributed by atoms with E-state index < -0.39 is 4.92 Å². The van der Waals surface area contributed by atoms with Gasteiger partial charge in [0.15, 0.2) is 11.5 Å². The van der Waals surface area contributed by atoms with Gasteiger partial charge in [-0.05, 0) is 25.0 Å². The summed E-state index contributed by atoms with van der Waals surface area (Å²) in [6.07, 6.45) is 7.25. The van der Waals surface area contributed by atoms with Crippen LogP contribution in [0.1, 0.15) is 37.7 Å². The summed E-state index contributed by atoms with van der Waals surface area (Å²) in [6, 6.07) is 11.1. The van der Waals surface area contributed by atoms with Crippen LogP contribution >= 0.6 is 27.3 Å². The summed E-state index contributed by atoms with van der Waals surface area (Å²) < 4.78 is 13.4. The minimum Gasteiger partial charge on any atom is -0.454 e.